The summed E-state index contributed by atoms with van der Waals surface area (Å²) in [5.74, 6) is 1.18. The molecular weight excluding hydrogens is 408 g/mol. The fraction of sp³-hybridized carbons (Fsp3) is 0.200. The van der Waals surface area contributed by atoms with Crippen molar-refractivity contribution in [3.8, 4) is 17.2 Å². The highest BCUT2D eigenvalue weighted by molar-refractivity contribution is 5.91. The highest BCUT2D eigenvalue weighted by Gasteiger charge is 2.08. The molecule has 7 nitrogen and oxygen atoms in total. The average Bonchev–Trinajstić information content (AvgIpc) is 2.82. The van der Waals surface area contributed by atoms with Crippen LogP contribution in [0.5, 0.6) is 17.2 Å². The summed E-state index contributed by atoms with van der Waals surface area (Å²) in [6, 6.07) is 16.5. The second kappa shape index (κ2) is 10.9. The molecule has 0 aliphatic carbocycles. The molecule has 0 unspecified atom stereocenters. The van der Waals surface area contributed by atoms with E-state index in [0.29, 0.717) is 23.8 Å². The van der Waals surface area contributed by atoms with Crippen LogP contribution in [-0.4, -0.2) is 24.7 Å². The number of methoxy groups -OCH3 is 2. The van der Waals surface area contributed by atoms with Crippen LogP contribution >= 0.6 is 0 Å². The molecule has 0 aliphatic rings. The Kier molecular flexibility index (Phi) is 7.70. The molecule has 0 spiro atoms. The Bertz CT molecular complexity index is 1150. The van der Waals surface area contributed by atoms with Gasteiger partial charge in [0.05, 0.1) is 27.0 Å². The van der Waals surface area contributed by atoms with Crippen LogP contribution < -0.4 is 25.0 Å². The Hall–Kier alpha value is -4.00. The summed E-state index contributed by atoms with van der Waals surface area (Å²) < 4.78 is 17.9. The van der Waals surface area contributed by atoms with Crippen LogP contribution in [0.15, 0.2) is 71.7 Å². The zero-order valence-electron chi connectivity index (χ0n) is 18.3. The van der Waals surface area contributed by atoms with Crippen LogP contribution in [0, 0.1) is 0 Å². The van der Waals surface area contributed by atoms with Crippen molar-refractivity contribution in [2.24, 2.45) is 7.05 Å². The Morgan fingerprint density at radius 3 is 2.47 bits per heavy atom. The van der Waals surface area contributed by atoms with Crippen molar-refractivity contribution in [2.45, 2.75) is 13.2 Å². The third kappa shape index (κ3) is 6.01. The van der Waals surface area contributed by atoms with Gasteiger partial charge in [0.2, 0.25) is 11.3 Å². The number of pyridine rings is 1. The number of amides is 1. The first-order valence-corrected chi connectivity index (χ1v) is 10.0. The minimum absolute atomic E-state index is 0.208. The number of aryl methyl sites for hydroxylation is 1. The van der Waals surface area contributed by atoms with Crippen LogP contribution in [-0.2, 0) is 25.0 Å². The van der Waals surface area contributed by atoms with E-state index in [-0.39, 0.29) is 23.6 Å². The smallest absolute Gasteiger partial charge is 0.244 e. The topological polar surface area (TPSA) is 78.8 Å². The van der Waals surface area contributed by atoms with E-state index in [0.717, 1.165) is 11.1 Å². The molecule has 0 saturated heterocycles. The number of carbonyl (C=O) groups excluding carboxylic acids is 1. The van der Waals surface area contributed by atoms with Gasteiger partial charge in [0.15, 0.2) is 17.2 Å². The lowest BCUT2D eigenvalue weighted by Gasteiger charge is -2.12. The summed E-state index contributed by atoms with van der Waals surface area (Å²) in [6.07, 6.45) is 4.74. The molecule has 0 saturated carbocycles. The maximum Gasteiger partial charge on any atom is 0.244 e. The highest BCUT2D eigenvalue weighted by atomic mass is 16.5. The number of carbonyl (C=O) groups is 1. The molecule has 0 aliphatic heterocycles. The van der Waals surface area contributed by atoms with Gasteiger partial charge in [-0.25, -0.2) is 0 Å². The first kappa shape index (κ1) is 22.7. The van der Waals surface area contributed by atoms with E-state index in [2.05, 4.69) is 5.32 Å². The van der Waals surface area contributed by atoms with Gasteiger partial charge in [-0.2, -0.15) is 0 Å². The van der Waals surface area contributed by atoms with E-state index in [1.165, 1.54) is 12.1 Å². The standard InChI is InChI=1S/C25H26N2O5/c1-27-16-24(32-17-19-7-5-4-6-8-19)21(28)14-20(27)15-26-25(29)12-10-18-9-11-22(30-2)23(13-18)31-3/h4-14,16H,15,17H2,1-3H3,(H,26,29)/b12-10+. The van der Waals surface area contributed by atoms with E-state index in [1.54, 1.807) is 50.2 Å². The minimum Gasteiger partial charge on any atom is -0.493 e. The monoisotopic (exact) mass is 434 g/mol. The number of ether oxygens (including phenoxy) is 3. The van der Waals surface area contributed by atoms with Crippen LogP contribution in [0.25, 0.3) is 6.08 Å². The van der Waals surface area contributed by atoms with Crippen molar-refractivity contribution < 1.29 is 19.0 Å². The Labute approximate surface area is 186 Å². The average molecular weight is 434 g/mol. The first-order valence-electron chi connectivity index (χ1n) is 10.0. The largest absolute Gasteiger partial charge is 0.493 e. The van der Waals surface area contributed by atoms with Gasteiger partial charge in [-0.05, 0) is 29.3 Å². The lowest BCUT2D eigenvalue weighted by atomic mass is 10.2. The molecule has 0 bridgehead atoms. The zero-order chi connectivity index (χ0) is 22.9. The van der Waals surface area contributed by atoms with Crippen molar-refractivity contribution >= 4 is 12.0 Å². The second-order valence-electron chi connectivity index (χ2n) is 7.04. The molecule has 1 heterocycles. The van der Waals surface area contributed by atoms with Crippen molar-refractivity contribution in [1.29, 1.82) is 0 Å². The molecule has 166 valence electrons. The summed E-state index contributed by atoms with van der Waals surface area (Å²) in [6.45, 7) is 0.521. The summed E-state index contributed by atoms with van der Waals surface area (Å²) in [5.41, 5.74) is 2.20. The molecule has 0 fully saturated rings. The van der Waals surface area contributed by atoms with Gasteiger partial charge in [-0.1, -0.05) is 36.4 Å². The highest BCUT2D eigenvalue weighted by Crippen LogP contribution is 2.27. The van der Waals surface area contributed by atoms with Gasteiger partial charge in [0.1, 0.15) is 6.61 Å². The van der Waals surface area contributed by atoms with Gasteiger partial charge >= 0.3 is 0 Å². The maximum absolute atomic E-state index is 12.4. The number of nitrogens with zero attached hydrogens (tertiary/aromatic N) is 1. The quantitative estimate of drug-likeness (QED) is 0.523. The molecule has 3 aromatic rings. The van der Waals surface area contributed by atoms with Crippen molar-refractivity contribution in [3.63, 3.8) is 0 Å². The molecule has 1 N–H and O–H groups in total. The zero-order valence-corrected chi connectivity index (χ0v) is 18.3. The van der Waals surface area contributed by atoms with Gasteiger partial charge in [-0.3, -0.25) is 9.59 Å². The summed E-state index contributed by atoms with van der Waals surface area (Å²) >= 11 is 0. The molecule has 1 aromatic heterocycles. The molecule has 7 heteroatoms. The molecule has 0 atom stereocenters. The summed E-state index contributed by atoms with van der Waals surface area (Å²) in [7, 11) is 4.92. The normalized spacial score (nSPS) is 10.7. The van der Waals surface area contributed by atoms with Crippen molar-refractivity contribution in [3.05, 3.63) is 93.9 Å². The number of aromatic nitrogens is 1. The number of benzene rings is 2. The van der Waals surface area contributed by atoms with Crippen molar-refractivity contribution in [2.75, 3.05) is 14.2 Å². The second-order valence-corrected chi connectivity index (χ2v) is 7.04. The first-order chi connectivity index (χ1) is 15.5. The van der Waals surface area contributed by atoms with Crippen molar-refractivity contribution in [1.82, 2.24) is 9.88 Å². The molecule has 1 amide bonds. The van der Waals surface area contributed by atoms with Crippen LogP contribution in [0.4, 0.5) is 0 Å². The van der Waals surface area contributed by atoms with Crippen LogP contribution in [0.1, 0.15) is 16.8 Å². The van der Waals surface area contributed by atoms with E-state index in [9.17, 15) is 9.59 Å². The third-order valence-corrected chi connectivity index (χ3v) is 4.82. The minimum atomic E-state index is -0.281. The molecule has 32 heavy (non-hydrogen) atoms. The maximum atomic E-state index is 12.4. The molecular formula is C25H26N2O5. The van der Waals surface area contributed by atoms with Gasteiger partial charge in [0, 0.05) is 24.9 Å². The number of hydrogen-bond donors (Lipinski definition) is 1. The van der Waals surface area contributed by atoms with Gasteiger partial charge in [0.25, 0.3) is 0 Å². The molecule has 3 rings (SSSR count). The molecule has 0 radical (unpaired) electrons. The van der Waals surface area contributed by atoms with Crippen LogP contribution in [0.2, 0.25) is 0 Å². The summed E-state index contributed by atoms with van der Waals surface area (Å²) in [4.78, 5) is 24.6. The lowest BCUT2D eigenvalue weighted by Crippen LogP contribution is -2.24. The third-order valence-electron chi connectivity index (χ3n) is 4.82. The predicted molar refractivity (Wildman–Crippen MR) is 123 cm³/mol. The number of hydrogen-bond acceptors (Lipinski definition) is 5. The van der Waals surface area contributed by atoms with Gasteiger partial charge in [-0.15, -0.1) is 0 Å². The van der Waals surface area contributed by atoms with Crippen LogP contribution in [0.3, 0.4) is 0 Å². The van der Waals surface area contributed by atoms with E-state index in [4.69, 9.17) is 14.2 Å². The Morgan fingerprint density at radius 2 is 1.75 bits per heavy atom. The Morgan fingerprint density at radius 1 is 1.00 bits per heavy atom. The SMILES string of the molecule is COc1ccc(/C=C/C(=O)NCc2cc(=O)c(OCc3ccccc3)cn2C)cc1OC. The van der Waals surface area contributed by atoms with Gasteiger partial charge < -0.3 is 24.1 Å². The Balaban J connectivity index is 1.59. The number of rotatable bonds is 9. The summed E-state index contributed by atoms with van der Waals surface area (Å²) in [5, 5.41) is 2.78. The molecule has 2 aromatic carbocycles. The van der Waals surface area contributed by atoms with E-state index >= 15 is 0 Å². The van der Waals surface area contributed by atoms with E-state index < -0.39 is 0 Å². The lowest BCUT2D eigenvalue weighted by molar-refractivity contribution is -0.116. The predicted octanol–water partition coefficient (Wildman–Crippen LogP) is 3.31. The fourth-order valence-corrected chi connectivity index (χ4v) is 3.03. The fourth-order valence-electron chi connectivity index (χ4n) is 3.03. The number of nitrogens with one attached hydrogen (secondary N) is 1. The van der Waals surface area contributed by atoms with E-state index in [1.807, 2.05) is 36.4 Å².